The third-order valence-electron chi connectivity index (χ3n) is 1.88. The molecule has 0 bridgehead atoms. The van der Waals surface area contributed by atoms with Gasteiger partial charge < -0.3 is 0 Å². The van der Waals surface area contributed by atoms with Crippen LogP contribution in [0.1, 0.15) is 5.56 Å². The van der Waals surface area contributed by atoms with Crippen molar-refractivity contribution in [2.75, 3.05) is 0 Å². The SMILES string of the molecule is [CH2]c1ccc2cccccc1-2. The van der Waals surface area contributed by atoms with Crippen LogP contribution in [0.25, 0.3) is 11.1 Å². The Kier molecular flexibility index (Phi) is 1.39. The summed E-state index contributed by atoms with van der Waals surface area (Å²) in [7, 11) is 0. The number of hydrogen-bond acceptors (Lipinski definition) is 0. The molecule has 0 saturated carbocycles. The monoisotopic (exact) mass is 141 g/mol. The van der Waals surface area contributed by atoms with Crippen LogP contribution in [0.5, 0.6) is 0 Å². The van der Waals surface area contributed by atoms with Crippen LogP contribution in [0.3, 0.4) is 0 Å². The summed E-state index contributed by atoms with van der Waals surface area (Å²) in [5.74, 6) is 0. The molecule has 0 amide bonds. The van der Waals surface area contributed by atoms with Crippen molar-refractivity contribution in [2.45, 2.75) is 0 Å². The van der Waals surface area contributed by atoms with Crippen molar-refractivity contribution >= 4 is 0 Å². The topological polar surface area (TPSA) is 0 Å². The Balaban J connectivity index is 2.75. The van der Waals surface area contributed by atoms with Gasteiger partial charge in [0.05, 0.1) is 0 Å². The largest absolute Gasteiger partial charge is 0.0622 e. The zero-order valence-corrected chi connectivity index (χ0v) is 6.25. The summed E-state index contributed by atoms with van der Waals surface area (Å²) in [4.78, 5) is 0. The third-order valence-corrected chi connectivity index (χ3v) is 1.88. The molecule has 11 heavy (non-hydrogen) atoms. The maximum atomic E-state index is 3.94. The molecule has 0 aromatic carbocycles. The van der Waals surface area contributed by atoms with Gasteiger partial charge in [-0.15, -0.1) is 0 Å². The van der Waals surface area contributed by atoms with E-state index in [4.69, 9.17) is 0 Å². The lowest BCUT2D eigenvalue weighted by atomic mass is 10.1. The van der Waals surface area contributed by atoms with E-state index in [2.05, 4.69) is 25.1 Å². The van der Waals surface area contributed by atoms with E-state index in [-0.39, 0.29) is 0 Å². The molecule has 0 fully saturated rings. The minimum atomic E-state index is 1.11. The molecule has 0 aliphatic heterocycles. The van der Waals surface area contributed by atoms with E-state index in [1.807, 2.05) is 24.3 Å². The summed E-state index contributed by atoms with van der Waals surface area (Å²) in [5, 5.41) is 0. The Labute approximate surface area is 66.8 Å². The van der Waals surface area contributed by atoms with Crippen LogP contribution in [0, 0.1) is 6.92 Å². The zero-order chi connectivity index (χ0) is 7.68. The zero-order valence-electron chi connectivity index (χ0n) is 6.25. The molecular formula is C11H9. The van der Waals surface area contributed by atoms with Crippen molar-refractivity contribution in [1.82, 2.24) is 0 Å². The summed E-state index contributed by atoms with van der Waals surface area (Å²) in [6.45, 7) is 3.94. The van der Waals surface area contributed by atoms with Gasteiger partial charge in [-0.3, -0.25) is 0 Å². The van der Waals surface area contributed by atoms with Gasteiger partial charge in [0.2, 0.25) is 0 Å². The van der Waals surface area contributed by atoms with Crippen LogP contribution < -0.4 is 0 Å². The molecule has 2 aliphatic carbocycles. The Morgan fingerprint density at radius 1 is 0.818 bits per heavy atom. The summed E-state index contributed by atoms with van der Waals surface area (Å²) in [6.07, 6.45) is 0. The second-order valence-corrected chi connectivity index (χ2v) is 2.64. The molecule has 0 aromatic heterocycles. The van der Waals surface area contributed by atoms with Crippen LogP contribution >= 0.6 is 0 Å². The van der Waals surface area contributed by atoms with Gasteiger partial charge in [0, 0.05) is 0 Å². The van der Waals surface area contributed by atoms with Crippen LogP contribution in [-0.4, -0.2) is 0 Å². The van der Waals surface area contributed by atoms with Crippen molar-refractivity contribution in [1.29, 1.82) is 0 Å². The molecule has 53 valence electrons. The molecule has 1 radical (unpaired) electrons. The molecule has 0 heteroatoms. The highest BCUT2D eigenvalue weighted by Gasteiger charge is 2.01. The lowest BCUT2D eigenvalue weighted by molar-refractivity contribution is 1.74. The smallest absolute Gasteiger partial charge is 0.0152 e. The van der Waals surface area contributed by atoms with Crippen molar-refractivity contribution in [3.8, 4) is 11.1 Å². The second kappa shape index (κ2) is 2.39. The Morgan fingerprint density at radius 2 is 1.64 bits per heavy atom. The number of hydrogen-bond donors (Lipinski definition) is 0. The van der Waals surface area contributed by atoms with E-state index in [9.17, 15) is 0 Å². The minimum absolute atomic E-state index is 1.11. The highest BCUT2D eigenvalue weighted by molar-refractivity contribution is 5.70. The highest BCUT2D eigenvalue weighted by atomic mass is 14.1. The van der Waals surface area contributed by atoms with Crippen LogP contribution in [0.2, 0.25) is 0 Å². The summed E-state index contributed by atoms with van der Waals surface area (Å²) in [6, 6.07) is 14.4. The summed E-state index contributed by atoms with van der Waals surface area (Å²) in [5.41, 5.74) is 3.62. The van der Waals surface area contributed by atoms with E-state index >= 15 is 0 Å². The molecule has 0 aromatic rings. The standard InChI is InChI=1S/C11H9/c1-9-7-8-10-5-3-2-4-6-11(9)10/h2-8H,1H2. The number of fused-ring (bicyclic) bond motifs is 1. The Morgan fingerprint density at radius 3 is 2.55 bits per heavy atom. The molecule has 0 atom stereocenters. The van der Waals surface area contributed by atoms with Gasteiger partial charge in [-0.2, -0.15) is 0 Å². The fourth-order valence-electron chi connectivity index (χ4n) is 1.28. The molecular weight excluding hydrogens is 132 g/mol. The van der Waals surface area contributed by atoms with Gasteiger partial charge in [-0.1, -0.05) is 42.5 Å². The summed E-state index contributed by atoms with van der Waals surface area (Å²) < 4.78 is 0. The first kappa shape index (κ1) is 6.41. The first-order valence-corrected chi connectivity index (χ1v) is 3.67. The molecule has 0 unspecified atom stereocenters. The molecule has 0 saturated heterocycles. The lowest BCUT2D eigenvalue weighted by Gasteiger charge is -1.91. The van der Waals surface area contributed by atoms with Crippen LogP contribution in [0.4, 0.5) is 0 Å². The van der Waals surface area contributed by atoms with Gasteiger partial charge in [-0.25, -0.2) is 0 Å². The lowest BCUT2D eigenvalue weighted by Crippen LogP contribution is -1.67. The Hall–Kier alpha value is -1.30. The van der Waals surface area contributed by atoms with E-state index in [1.165, 1.54) is 11.1 Å². The van der Waals surface area contributed by atoms with Crippen molar-refractivity contribution in [2.24, 2.45) is 0 Å². The minimum Gasteiger partial charge on any atom is -0.0622 e. The van der Waals surface area contributed by atoms with Crippen molar-refractivity contribution < 1.29 is 0 Å². The van der Waals surface area contributed by atoms with E-state index < -0.39 is 0 Å². The van der Waals surface area contributed by atoms with E-state index in [1.54, 1.807) is 0 Å². The first-order valence-electron chi connectivity index (χ1n) is 3.67. The fraction of sp³-hybridized carbons (Fsp3) is 0. The highest BCUT2D eigenvalue weighted by Crippen LogP contribution is 2.25. The van der Waals surface area contributed by atoms with Crippen LogP contribution in [0.15, 0.2) is 42.5 Å². The van der Waals surface area contributed by atoms with Gasteiger partial charge in [0.25, 0.3) is 0 Å². The molecule has 0 spiro atoms. The van der Waals surface area contributed by atoms with Crippen molar-refractivity contribution in [3.05, 3.63) is 55.0 Å². The van der Waals surface area contributed by atoms with Crippen molar-refractivity contribution in [3.63, 3.8) is 0 Å². The average molecular weight is 141 g/mol. The molecule has 2 aliphatic rings. The number of rotatable bonds is 0. The molecule has 0 heterocycles. The maximum Gasteiger partial charge on any atom is -0.0152 e. The predicted molar refractivity (Wildman–Crippen MR) is 47.5 cm³/mol. The normalized spacial score (nSPS) is 10.3. The first-order chi connectivity index (χ1) is 5.38. The van der Waals surface area contributed by atoms with Gasteiger partial charge in [0.15, 0.2) is 0 Å². The fourth-order valence-corrected chi connectivity index (χ4v) is 1.28. The molecule has 2 rings (SSSR count). The predicted octanol–water partition coefficient (Wildman–Crippen LogP) is 2.97. The van der Waals surface area contributed by atoms with Crippen LogP contribution in [-0.2, 0) is 0 Å². The maximum absolute atomic E-state index is 3.94. The van der Waals surface area contributed by atoms with E-state index in [0.29, 0.717) is 0 Å². The molecule has 0 N–H and O–H groups in total. The second-order valence-electron chi connectivity index (χ2n) is 2.64. The van der Waals surface area contributed by atoms with Gasteiger partial charge >= 0.3 is 0 Å². The average Bonchev–Trinajstić information content (AvgIpc) is 2.25. The Bertz CT molecular complexity index is 336. The molecule has 0 nitrogen and oxygen atoms in total. The summed E-state index contributed by atoms with van der Waals surface area (Å²) >= 11 is 0. The van der Waals surface area contributed by atoms with Gasteiger partial charge in [0.1, 0.15) is 0 Å². The van der Waals surface area contributed by atoms with Gasteiger partial charge in [-0.05, 0) is 23.6 Å². The quantitative estimate of drug-likeness (QED) is 0.529. The van der Waals surface area contributed by atoms with E-state index in [0.717, 1.165) is 5.56 Å². The third kappa shape index (κ3) is 1.01.